The van der Waals surface area contributed by atoms with Gasteiger partial charge in [0.2, 0.25) is 0 Å². The fraction of sp³-hybridized carbons (Fsp3) is 0.353. The van der Waals surface area contributed by atoms with E-state index in [-0.39, 0.29) is 24.0 Å². The molecule has 0 radical (unpaired) electrons. The van der Waals surface area contributed by atoms with Gasteiger partial charge in [-0.1, -0.05) is 35.9 Å². The summed E-state index contributed by atoms with van der Waals surface area (Å²) in [7, 11) is -3.07. The van der Waals surface area contributed by atoms with Crippen molar-refractivity contribution in [3.63, 3.8) is 0 Å². The molecule has 1 N–H and O–H groups in total. The first kappa shape index (κ1) is 17.0. The molecule has 24 heavy (non-hydrogen) atoms. The highest BCUT2D eigenvalue weighted by Crippen LogP contribution is 2.31. The van der Waals surface area contributed by atoms with E-state index in [0.717, 1.165) is 10.8 Å². The van der Waals surface area contributed by atoms with Gasteiger partial charge >= 0.3 is 0 Å². The van der Waals surface area contributed by atoms with E-state index in [9.17, 15) is 13.2 Å². The van der Waals surface area contributed by atoms with Crippen LogP contribution in [0.1, 0.15) is 13.3 Å². The summed E-state index contributed by atoms with van der Waals surface area (Å²) in [5.74, 6) is 0.296. The maximum Gasteiger partial charge on any atom is 0.258 e. The lowest BCUT2D eigenvalue weighted by atomic mass is 10.0. The molecule has 1 fully saturated rings. The summed E-state index contributed by atoms with van der Waals surface area (Å²) in [5.41, 5.74) is -0.721. The van der Waals surface area contributed by atoms with Crippen LogP contribution >= 0.6 is 11.6 Å². The Bertz CT molecular complexity index is 897. The molecule has 7 heteroatoms. The molecule has 2 aromatic carbocycles. The molecule has 5 nitrogen and oxygen atoms in total. The highest BCUT2D eigenvalue weighted by atomic mass is 35.5. The number of carbonyl (C=O) groups excluding carboxylic acids is 1. The smallest absolute Gasteiger partial charge is 0.258 e. The number of carbonyl (C=O) groups is 1. The second kappa shape index (κ2) is 6.26. The molecule has 128 valence electrons. The van der Waals surface area contributed by atoms with Crippen LogP contribution in [0.5, 0.6) is 5.75 Å². The van der Waals surface area contributed by atoms with Gasteiger partial charge in [-0.25, -0.2) is 8.42 Å². The van der Waals surface area contributed by atoms with Crippen molar-refractivity contribution in [1.29, 1.82) is 0 Å². The number of nitrogens with one attached hydrogen (secondary N) is 1. The van der Waals surface area contributed by atoms with E-state index in [4.69, 9.17) is 16.3 Å². The van der Waals surface area contributed by atoms with Crippen LogP contribution in [0.15, 0.2) is 36.4 Å². The van der Waals surface area contributed by atoms with Crippen LogP contribution in [0.4, 0.5) is 0 Å². The lowest BCUT2D eigenvalue weighted by Gasteiger charge is -2.23. The van der Waals surface area contributed by atoms with E-state index in [1.165, 1.54) is 0 Å². The van der Waals surface area contributed by atoms with Gasteiger partial charge in [0.25, 0.3) is 5.91 Å². The zero-order valence-corrected chi connectivity index (χ0v) is 14.8. The third-order valence-electron chi connectivity index (χ3n) is 4.13. The number of hydrogen-bond donors (Lipinski definition) is 1. The molecule has 0 aliphatic carbocycles. The average molecular weight is 368 g/mol. The summed E-state index contributed by atoms with van der Waals surface area (Å²) >= 11 is 6.16. The number of sulfone groups is 1. The van der Waals surface area contributed by atoms with Gasteiger partial charge in [-0.2, -0.15) is 0 Å². The minimum atomic E-state index is -3.07. The Morgan fingerprint density at radius 1 is 1.25 bits per heavy atom. The van der Waals surface area contributed by atoms with Crippen LogP contribution < -0.4 is 10.1 Å². The molecule has 3 rings (SSSR count). The summed E-state index contributed by atoms with van der Waals surface area (Å²) in [6, 6.07) is 11.0. The number of hydrogen-bond acceptors (Lipinski definition) is 4. The van der Waals surface area contributed by atoms with Crippen molar-refractivity contribution in [3.05, 3.63) is 41.4 Å². The molecule has 2 aromatic rings. The van der Waals surface area contributed by atoms with Gasteiger partial charge in [0.1, 0.15) is 5.75 Å². The number of rotatable bonds is 4. The number of benzene rings is 2. The molecule has 0 unspecified atom stereocenters. The lowest BCUT2D eigenvalue weighted by Crippen LogP contribution is -2.48. The predicted molar refractivity (Wildman–Crippen MR) is 94.3 cm³/mol. The van der Waals surface area contributed by atoms with E-state index in [1.807, 2.05) is 24.3 Å². The normalized spacial score (nSPS) is 22.4. The number of halogens is 1. The fourth-order valence-corrected chi connectivity index (χ4v) is 5.31. The molecular formula is C17H18ClNO4S. The first-order valence-electron chi connectivity index (χ1n) is 7.60. The molecule has 0 saturated carbocycles. The van der Waals surface area contributed by atoms with Crippen molar-refractivity contribution in [2.45, 2.75) is 18.9 Å². The molecule has 1 amide bonds. The summed E-state index contributed by atoms with van der Waals surface area (Å²) in [4.78, 5) is 12.1. The van der Waals surface area contributed by atoms with Crippen molar-refractivity contribution in [2.75, 3.05) is 18.1 Å². The third kappa shape index (κ3) is 3.65. The van der Waals surface area contributed by atoms with Gasteiger partial charge in [-0.05, 0) is 25.5 Å². The fourth-order valence-electron chi connectivity index (χ4n) is 2.99. The van der Waals surface area contributed by atoms with E-state index in [0.29, 0.717) is 17.2 Å². The third-order valence-corrected chi connectivity index (χ3v) is 6.37. The number of amides is 1. The quantitative estimate of drug-likeness (QED) is 0.901. The highest BCUT2D eigenvalue weighted by Gasteiger charge is 2.39. The minimum absolute atomic E-state index is 0.0321. The Morgan fingerprint density at radius 2 is 1.96 bits per heavy atom. The van der Waals surface area contributed by atoms with E-state index in [2.05, 4.69) is 5.32 Å². The zero-order valence-electron chi connectivity index (χ0n) is 13.2. The largest absolute Gasteiger partial charge is 0.483 e. The minimum Gasteiger partial charge on any atom is -0.483 e. The van der Waals surface area contributed by atoms with Gasteiger partial charge < -0.3 is 10.1 Å². The monoisotopic (exact) mass is 367 g/mol. The molecule has 0 aromatic heterocycles. The number of fused-ring (bicyclic) bond motifs is 1. The lowest BCUT2D eigenvalue weighted by molar-refractivity contribution is -0.124. The molecule has 1 aliphatic rings. The molecular weight excluding hydrogens is 350 g/mol. The molecule has 1 aliphatic heterocycles. The molecule has 1 heterocycles. The summed E-state index contributed by atoms with van der Waals surface area (Å²) in [5, 5.41) is 5.07. The Hall–Kier alpha value is -1.79. The zero-order chi connectivity index (χ0) is 17.4. The van der Waals surface area contributed by atoms with E-state index in [1.54, 1.807) is 19.1 Å². The van der Waals surface area contributed by atoms with Gasteiger partial charge in [0.05, 0.1) is 17.0 Å². The first-order valence-corrected chi connectivity index (χ1v) is 9.79. The molecule has 1 saturated heterocycles. The Kier molecular flexibility index (Phi) is 4.44. The van der Waals surface area contributed by atoms with Crippen LogP contribution in [0.25, 0.3) is 10.8 Å². The van der Waals surface area contributed by atoms with Crippen LogP contribution in [-0.2, 0) is 14.6 Å². The maximum atomic E-state index is 12.1. The Labute approximate surface area is 145 Å². The molecule has 0 spiro atoms. The van der Waals surface area contributed by atoms with Crippen LogP contribution in [-0.4, -0.2) is 38.0 Å². The molecule has 0 bridgehead atoms. The van der Waals surface area contributed by atoms with Crippen LogP contribution in [0.3, 0.4) is 0 Å². The van der Waals surface area contributed by atoms with Crippen molar-refractivity contribution >= 4 is 38.1 Å². The Balaban J connectivity index is 1.68. The van der Waals surface area contributed by atoms with Crippen molar-refractivity contribution < 1.29 is 17.9 Å². The van der Waals surface area contributed by atoms with Gasteiger partial charge in [-0.3, -0.25) is 4.79 Å². The van der Waals surface area contributed by atoms with E-state index >= 15 is 0 Å². The van der Waals surface area contributed by atoms with Gasteiger partial charge in [0.15, 0.2) is 16.4 Å². The van der Waals surface area contributed by atoms with Crippen LogP contribution in [0, 0.1) is 0 Å². The first-order chi connectivity index (χ1) is 11.3. The van der Waals surface area contributed by atoms with Gasteiger partial charge in [-0.15, -0.1) is 0 Å². The van der Waals surface area contributed by atoms with Crippen LogP contribution in [0.2, 0.25) is 5.02 Å². The highest BCUT2D eigenvalue weighted by molar-refractivity contribution is 7.91. The topological polar surface area (TPSA) is 72.5 Å². The summed E-state index contributed by atoms with van der Waals surface area (Å²) in [6.07, 6.45) is 0.422. The van der Waals surface area contributed by atoms with Crippen molar-refractivity contribution in [3.8, 4) is 5.75 Å². The van der Waals surface area contributed by atoms with Crippen molar-refractivity contribution in [2.24, 2.45) is 0 Å². The van der Waals surface area contributed by atoms with Crippen molar-refractivity contribution in [1.82, 2.24) is 5.32 Å². The molecule has 1 atom stereocenters. The second-order valence-corrected chi connectivity index (χ2v) is 8.92. The standard InChI is InChI=1S/C17H18ClNO4S/c1-17(8-9-24(21,22)11-17)19-16(20)10-23-15-7-6-14(18)12-4-2-3-5-13(12)15/h2-7H,8-11H2,1H3,(H,19,20)/t17-/m0/s1. The maximum absolute atomic E-state index is 12.1. The SMILES string of the molecule is C[C@]1(NC(=O)COc2ccc(Cl)c3ccccc23)CCS(=O)(=O)C1. The Morgan fingerprint density at radius 3 is 2.62 bits per heavy atom. The summed E-state index contributed by atoms with van der Waals surface area (Å²) < 4.78 is 28.8. The average Bonchev–Trinajstić information content (AvgIpc) is 2.80. The van der Waals surface area contributed by atoms with Gasteiger partial charge in [0, 0.05) is 15.8 Å². The second-order valence-electron chi connectivity index (χ2n) is 6.33. The predicted octanol–water partition coefficient (Wildman–Crippen LogP) is 2.57. The van der Waals surface area contributed by atoms with E-state index < -0.39 is 15.4 Å². The number of ether oxygens (including phenoxy) is 1. The summed E-state index contributed by atoms with van der Waals surface area (Å²) in [6.45, 7) is 1.56.